The number of aromatic hydroxyl groups is 2. The van der Waals surface area contributed by atoms with Crippen LogP contribution in [0.25, 0.3) is 21.9 Å². The van der Waals surface area contributed by atoms with Crippen molar-refractivity contribution in [2.24, 2.45) is 0 Å². The minimum atomic E-state index is -0.0133. The molecule has 0 aliphatic carbocycles. The van der Waals surface area contributed by atoms with Crippen molar-refractivity contribution < 1.29 is 14.7 Å². The summed E-state index contributed by atoms with van der Waals surface area (Å²) in [7, 11) is 0. The van der Waals surface area contributed by atoms with Crippen LogP contribution in [-0.2, 0) is 0 Å². The summed E-state index contributed by atoms with van der Waals surface area (Å²) in [6, 6.07) is 3.14. The molecule has 3 aromatic rings. The van der Waals surface area contributed by atoms with Gasteiger partial charge in [0.25, 0.3) is 0 Å². The Balaban J connectivity index is 2.24. The molecule has 5 nitrogen and oxygen atoms in total. The van der Waals surface area contributed by atoms with Gasteiger partial charge in [-0.1, -0.05) is 5.16 Å². The molecule has 0 bridgehead atoms. The van der Waals surface area contributed by atoms with Gasteiger partial charge in [0.1, 0.15) is 16.5 Å². The molecule has 0 radical (unpaired) electrons. The third-order valence-corrected chi connectivity index (χ3v) is 4.32. The van der Waals surface area contributed by atoms with Gasteiger partial charge in [0, 0.05) is 16.6 Å². The van der Waals surface area contributed by atoms with Crippen LogP contribution in [0.5, 0.6) is 11.5 Å². The second kappa shape index (κ2) is 4.89. The number of nitrogens with zero attached hydrogens (tertiary/aromatic N) is 2. The summed E-state index contributed by atoms with van der Waals surface area (Å²) >= 11 is 1.50. The molecule has 6 heteroatoms. The monoisotopic (exact) mass is 302 g/mol. The molecule has 0 aliphatic heterocycles. The standard InChI is InChI=1S/C15H14N2O3S/c1-7-6-21-15(16-7)12-9(3)17-20-14(12)10-4-5-11(18)8(2)13(10)19/h4-6,18-19H,1-3H3. The number of thiazole rings is 1. The fourth-order valence-corrected chi connectivity index (χ4v) is 3.04. The molecule has 0 amide bonds. The van der Waals surface area contributed by atoms with Gasteiger partial charge in [-0.05, 0) is 32.9 Å². The van der Waals surface area contributed by atoms with E-state index in [1.165, 1.54) is 17.4 Å². The van der Waals surface area contributed by atoms with E-state index >= 15 is 0 Å². The fourth-order valence-electron chi connectivity index (χ4n) is 2.15. The average Bonchev–Trinajstić information content (AvgIpc) is 3.02. The number of hydrogen-bond acceptors (Lipinski definition) is 6. The molecular formula is C15H14N2O3S. The maximum atomic E-state index is 10.3. The van der Waals surface area contributed by atoms with Gasteiger partial charge >= 0.3 is 0 Å². The number of phenolic OH excluding ortho intramolecular Hbond substituents is 2. The van der Waals surface area contributed by atoms with Gasteiger partial charge in [-0.3, -0.25) is 0 Å². The van der Waals surface area contributed by atoms with Crippen LogP contribution in [0.1, 0.15) is 17.0 Å². The zero-order valence-corrected chi connectivity index (χ0v) is 12.7. The predicted molar refractivity (Wildman–Crippen MR) is 80.6 cm³/mol. The molecule has 0 atom stereocenters. The smallest absolute Gasteiger partial charge is 0.181 e. The molecule has 0 saturated carbocycles. The van der Waals surface area contributed by atoms with Crippen LogP contribution in [0.15, 0.2) is 22.0 Å². The van der Waals surface area contributed by atoms with E-state index in [1.54, 1.807) is 13.0 Å². The van der Waals surface area contributed by atoms with Gasteiger partial charge in [-0.25, -0.2) is 4.98 Å². The van der Waals surface area contributed by atoms with Gasteiger partial charge in [0.2, 0.25) is 0 Å². The van der Waals surface area contributed by atoms with Crippen molar-refractivity contribution in [3.63, 3.8) is 0 Å². The Hall–Kier alpha value is -2.34. The first kappa shape index (κ1) is 13.6. The first-order valence-electron chi connectivity index (χ1n) is 6.39. The molecule has 3 rings (SSSR count). The highest BCUT2D eigenvalue weighted by atomic mass is 32.1. The second-order valence-corrected chi connectivity index (χ2v) is 5.73. The Labute approximate surface area is 125 Å². The lowest BCUT2D eigenvalue weighted by Crippen LogP contribution is -1.86. The Kier molecular flexibility index (Phi) is 3.17. The largest absolute Gasteiger partial charge is 0.508 e. The van der Waals surface area contributed by atoms with E-state index in [1.807, 2.05) is 19.2 Å². The van der Waals surface area contributed by atoms with Gasteiger partial charge in [0.05, 0.1) is 16.8 Å². The zero-order chi connectivity index (χ0) is 15.1. The Morgan fingerprint density at radius 1 is 1.14 bits per heavy atom. The first-order valence-corrected chi connectivity index (χ1v) is 7.27. The number of phenols is 2. The minimum Gasteiger partial charge on any atom is -0.508 e. The van der Waals surface area contributed by atoms with Gasteiger partial charge < -0.3 is 14.7 Å². The predicted octanol–water partition coefficient (Wildman–Crippen LogP) is 3.80. The van der Waals surface area contributed by atoms with E-state index in [2.05, 4.69) is 10.1 Å². The van der Waals surface area contributed by atoms with E-state index in [-0.39, 0.29) is 11.5 Å². The quantitative estimate of drug-likeness (QED) is 0.752. The fraction of sp³-hybridized carbons (Fsp3) is 0.200. The van der Waals surface area contributed by atoms with Crippen LogP contribution in [0.3, 0.4) is 0 Å². The maximum absolute atomic E-state index is 10.3. The van der Waals surface area contributed by atoms with E-state index in [0.29, 0.717) is 22.6 Å². The van der Waals surface area contributed by atoms with Crippen LogP contribution in [-0.4, -0.2) is 20.4 Å². The number of aryl methyl sites for hydroxylation is 2. The SMILES string of the molecule is Cc1csc(-c2c(C)noc2-c2ccc(O)c(C)c2O)n1. The summed E-state index contributed by atoms with van der Waals surface area (Å²) in [5.41, 5.74) is 3.31. The van der Waals surface area contributed by atoms with E-state index in [0.717, 1.165) is 16.3 Å². The number of rotatable bonds is 2. The van der Waals surface area contributed by atoms with Crippen LogP contribution < -0.4 is 0 Å². The normalized spacial score (nSPS) is 11.0. The summed E-state index contributed by atoms with van der Waals surface area (Å²) in [5, 5.41) is 26.6. The highest BCUT2D eigenvalue weighted by molar-refractivity contribution is 7.13. The highest BCUT2D eigenvalue weighted by Crippen LogP contribution is 2.42. The van der Waals surface area contributed by atoms with Gasteiger partial charge in [-0.2, -0.15) is 0 Å². The summed E-state index contributed by atoms with van der Waals surface area (Å²) in [5.74, 6) is 0.488. The first-order chi connectivity index (χ1) is 9.99. The molecule has 1 aromatic carbocycles. The van der Waals surface area contributed by atoms with Crippen molar-refractivity contribution in [1.82, 2.24) is 10.1 Å². The van der Waals surface area contributed by atoms with Crippen molar-refractivity contribution in [2.75, 3.05) is 0 Å². The molecular weight excluding hydrogens is 288 g/mol. The summed E-state index contributed by atoms with van der Waals surface area (Å²) in [6.45, 7) is 5.40. The molecule has 0 spiro atoms. The van der Waals surface area contributed by atoms with Gasteiger partial charge in [0.15, 0.2) is 5.76 Å². The van der Waals surface area contributed by atoms with Crippen LogP contribution in [0, 0.1) is 20.8 Å². The summed E-state index contributed by atoms with van der Waals surface area (Å²) in [6.07, 6.45) is 0. The molecule has 0 aliphatic rings. The lowest BCUT2D eigenvalue weighted by atomic mass is 10.0. The molecule has 0 unspecified atom stereocenters. The minimum absolute atomic E-state index is 0.0133. The molecule has 21 heavy (non-hydrogen) atoms. The number of aromatic nitrogens is 2. The second-order valence-electron chi connectivity index (χ2n) is 4.87. The molecule has 2 aromatic heterocycles. The van der Waals surface area contributed by atoms with Crippen molar-refractivity contribution in [3.05, 3.63) is 34.5 Å². The molecule has 0 saturated heterocycles. The topological polar surface area (TPSA) is 79.4 Å². The average molecular weight is 302 g/mol. The molecule has 2 N–H and O–H groups in total. The third kappa shape index (κ3) is 2.17. The van der Waals surface area contributed by atoms with Crippen LogP contribution >= 0.6 is 11.3 Å². The van der Waals surface area contributed by atoms with Crippen molar-refractivity contribution in [2.45, 2.75) is 20.8 Å². The van der Waals surface area contributed by atoms with E-state index < -0.39 is 0 Å². The zero-order valence-electron chi connectivity index (χ0n) is 11.8. The number of benzene rings is 1. The molecule has 0 fully saturated rings. The molecule has 108 valence electrons. The van der Waals surface area contributed by atoms with Crippen LogP contribution in [0.2, 0.25) is 0 Å². The third-order valence-electron chi connectivity index (χ3n) is 3.34. The lowest BCUT2D eigenvalue weighted by Gasteiger charge is -2.07. The lowest BCUT2D eigenvalue weighted by molar-refractivity contribution is 0.418. The maximum Gasteiger partial charge on any atom is 0.181 e. The van der Waals surface area contributed by atoms with Crippen molar-refractivity contribution >= 4 is 11.3 Å². The Morgan fingerprint density at radius 2 is 1.90 bits per heavy atom. The summed E-state index contributed by atoms with van der Waals surface area (Å²) in [4.78, 5) is 4.46. The van der Waals surface area contributed by atoms with Crippen molar-refractivity contribution in [1.29, 1.82) is 0 Å². The van der Waals surface area contributed by atoms with E-state index in [4.69, 9.17) is 4.52 Å². The van der Waals surface area contributed by atoms with Gasteiger partial charge in [-0.15, -0.1) is 11.3 Å². The summed E-state index contributed by atoms with van der Waals surface area (Å²) < 4.78 is 5.40. The number of hydrogen-bond donors (Lipinski definition) is 2. The Bertz CT molecular complexity index is 820. The molecule has 2 heterocycles. The highest BCUT2D eigenvalue weighted by Gasteiger charge is 2.22. The van der Waals surface area contributed by atoms with Crippen molar-refractivity contribution in [3.8, 4) is 33.4 Å². The van der Waals surface area contributed by atoms with Crippen LogP contribution in [0.4, 0.5) is 0 Å². The Morgan fingerprint density at radius 3 is 2.57 bits per heavy atom. The van der Waals surface area contributed by atoms with E-state index in [9.17, 15) is 10.2 Å².